The molecular formula is C17H25NO2. The summed E-state index contributed by atoms with van der Waals surface area (Å²) < 4.78 is 0. The average Bonchev–Trinajstić information content (AvgIpc) is 2.35. The minimum Gasteiger partial charge on any atom is -0.508 e. The van der Waals surface area contributed by atoms with Crippen LogP contribution in [0.25, 0.3) is 0 Å². The number of phenols is 1. The summed E-state index contributed by atoms with van der Waals surface area (Å²) in [6.45, 7) is 3.76. The lowest BCUT2D eigenvalue weighted by atomic mass is 9.90. The minimum absolute atomic E-state index is 0.139. The Morgan fingerprint density at radius 3 is 2.30 bits per heavy atom. The molecule has 0 aliphatic heterocycles. The smallest absolute Gasteiger partial charge is 0.227 e. The van der Waals surface area contributed by atoms with E-state index in [-0.39, 0.29) is 17.6 Å². The molecule has 0 radical (unpaired) electrons. The van der Waals surface area contributed by atoms with Gasteiger partial charge in [0.15, 0.2) is 0 Å². The molecule has 1 fully saturated rings. The van der Waals surface area contributed by atoms with Gasteiger partial charge in [-0.15, -0.1) is 0 Å². The van der Waals surface area contributed by atoms with Crippen molar-refractivity contribution in [3.05, 3.63) is 23.3 Å². The first-order chi connectivity index (χ1) is 9.58. The Balaban J connectivity index is 2.04. The number of amides is 1. The van der Waals surface area contributed by atoms with Crippen molar-refractivity contribution in [2.45, 2.75) is 58.8 Å². The van der Waals surface area contributed by atoms with Crippen LogP contribution in [0.15, 0.2) is 12.1 Å². The van der Waals surface area contributed by atoms with Gasteiger partial charge in [0, 0.05) is 11.6 Å². The zero-order valence-electron chi connectivity index (χ0n) is 12.5. The lowest BCUT2D eigenvalue weighted by Gasteiger charge is -2.20. The summed E-state index contributed by atoms with van der Waals surface area (Å²) in [5.41, 5.74) is 2.53. The Labute approximate surface area is 121 Å². The van der Waals surface area contributed by atoms with Crippen LogP contribution in [-0.4, -0.2) is 11.0 Å². The zero-order valence-corrected chi connectivity index (χ0v) is 12.5. The molecule has 0 saturated heterocycles. The molecule has 1 aromatic carbocycles. The molecule has 3 heteroatoms. The Bertz CT molecular complexity index is 474. The molecule has 1 aliphatic carbocycles. The third-order valence-electron chi connectivity index (χ3n) is 4.28. The Kier molecular flexibility index (Phi) is 5.05. The predicted octanol–water partition coefficient (Wildman–Crippen LogP) is 4.31. The first-order valence-corrected chi connectivity index (χ1v) is 7.69. The SMILES string of the molecule is Cc1cc(NC(=O)C2CCCCCCC2)c(C)cc1O. The number of anilines is 1. The van der Waals surface area contributed by atoms with E-state index in [0.717, 1.165) is 42.5 Å². The maximum absolute atomic E-state index is 12.4. The molecule has 0 unspecified atom stereocenters. The summed E-state index contributed by atoms with van der Waals surface area (Å²) in [5, 5.41) is 12.7. The number of aryl methyl sites for hydroxylation is 2. The molecule has 3 nitrogen and oxygen atoms in total. The molecule has 1 amide bonds. The molecule has 0 bridgehead atoms. The van der Waals surface area contributed by atoms with E-state index in [1.807, 2.05) is 19.9 Å². The van der Waals surface area contributed by atoms with E-state index in [2.05, 4.69) is 5.32 Å². The van der Waals surface area contributed by atoms with Crippen LogP contribution in [-0.2, 0) is 4.79 Å². The van der Waals surface area contributed by atoms with Crippen molar-refractivity contribution in [1.29, 1.82) is 0 Å². The average molecular weight is 275 g/mol. The number of aromatic hydroxyl groups is 1. The number of phenolic OH excluding ortho intramolecular Hbond substituents is 1. The highest BCUT2D eigenvalue weighted by Gasteiger charge is 2.20. The van der Waals surface area contributed by atoms with Crippen LogP contribution >= 0.6 is 0 Å². The summed E-state index contributed by atoms with van der Waals surface area (Å²) in [6.07, 6.45) is 8.13. The maximum atomic E-state index is 12.4. The molecule has 1 aliphatic rings. The quantitative estimate of drug-likeness (QED) is 0.790. The predicted molar refractivity (Wildman–Crippen MR) is 82.0 cm³/mol. The number of rotatable bonds is 2. The largest absolute Gasteiger partial charge is 0.508 e. The highest BCUT2D eigenvalue weighted by atomic mass is 16.3. The normalized spacial score (nSPS) is 17.3. The van der Waals surface area contributed by atoms with Crippen molar-refractivity contribution in [3.63, 3.8) is 0 Å². The van der Waals surface area contributed by atoms with Crippen LogP contribution < -0.4 is 5.32 Å². The van der Waals surface area contributed by atoms with Crippen LogP contribution in [0.3, 0.4) is 0 Å². The molecule has 2 rings (SSSR count). The third kappa shape index (κ3) is 3.75. The monoisotopic (exact) mass is 275 g/mol. The molecular weight excluding hydrogens is 250 g/mol. The van der Waals surface area contributed by atoms with Crippen LogP contribution in [0.1, 0.15) is 56.1 Å². The van der Waals surface area contributed by atoms with Crippen molar-refractivity contribution in [2.75, 3.05) is 5.32 Å². The molecule has 0 atom stereocenters. The molecule has 110 valence electrons. The minimum atomic E-state index is 0.139. The van der Waals surface area contributed by atoms with Crippen LogP contribution in [0.4, 0.5) is 5.69 Å². The van der Waals surface area contributed by atoms with Gasteiger partial charge in [-0.05, 0) is 49.9 Å². The number of carbonyl (C=O) groups excluding carboxylic acids is 1. The molecule has 20 heavy (non-hydrogen) atoms. The maximum Gasteiger partial charge on any atom is 0.227 e. The highest BCUT2D eigenvalue weighted by molar-refractivity contribution is 5.93. The van der Waals surface area contributed by atoms with Gasteiger partial charge in [-0.3, -0.25) is 4.79 Å². The van der Waals surface area contributed by atoms with Gasteiger partial charge in [0.1, 0.15) is 5.75 Å². The van der Waals surface area contributed by atoms with E-state index in [1.165, 1.54) is 19.3 Å². The van der Waals surface area contributed by atoms with Gasteiger partial charge >= 0.3 is 0 Å². The van der Waals surface area contributed by atoms with Gasteiger partial charge in [0.05, 0.1) is 0 Å². The van der Waals surface area contributed by atoms with Crippen molar-refractivity contribution < 1.29 is 9.90 Å². The van der Waals surface area contributed by atoms with Gasteiger partial charge in [-0.25, -0.2) is 0 Å². The first-order valence-electron chi connectivity index (χ1n) is 7.69. The van der Waals surface area contributed by atoms with Gasteiger partial charge in [-0.2, -0.15) is 0 Å². The second kappa shape index (κ2) is 6.78. The van der Waals surface area contributed by atoms with Gasteiger partial charge in [0.2, 0.25) is 5.91 Å². The van der Waals surface area contributed by atoms with E-state index in [0.29, 0.717) is 0 Å². The fourth-order valence-corrected chi connectivity index (χ4v) is 2.89. The number of benzene rings is 1. The molecule has 1 aromatic rings. The summed E-state index contributed by atoms with van der Waals surface area (Å²) in [6, 6.07) is 3.56. The molecule has 1 saturated carbocycles. The van der Waals surface area contributed by atoms with Gasteiger partial charge in [0.25, 0.3) is 0 Å². The number of hydrogen-bond donors (Lipinski definition) is 2. The van der Waals surface area contributed by atoms with Gasteiger partial charge in [-0.1, -0.05) is 32.1 Å². The standard InChI is InChI=1S/C17H25NO2/c1-12-11-16(19)13(2)10-15(12)18-17(20)14-8-6-4-3-5-7-9-14/h10-11,14,19H,3-9H2,1-2H3,(H,18,20). The van der Waals surface area contributed by atoms with E-state index in [4.69, 9.17) is 0 Å². The van der Waals surface area contributed by atoms with Crippen molar-refractivity contribution >= 4 is 11.6 Å². The van der Waals surface area contributed by atoms with Crippen LogP contribution in [0.5, 0.6) is 5.75 Å². The topological polar surface area (TPSA) is 49.3 Å². The highest BCUT2D eigenvalue weighted by Crippen LogP contribution is 2.27. The van der Waals surface area contributed by atoms with Crippen molar-refractivity contribution in [3.8, 4) is 5.75 Å². The molecule has 0 aromatic heterocycles. The van der Waals surface area contributed by atoms with Crippen molar-refractivity contribution in [1.82, 2.24) is 0 Å². The lowest BCUT2D eigenvalue weighted by Crippen LogP contribution is -2.24. The Morgan fingerprint density at radius 1 is 1.05 bits per heavy atom. The molecule has 0 heterocycles. The first kappa shape index (κ1) is 14.9. The Hall–Kier alpha value is -1.51. The lowest BCUT2D eigenvalue weighted by molar-refractivity contribution is -0.120. The Morgan fingerprint density at radius 2 is 1.65 bits per heavy atom. The number of nitrogens with one attached hydrogen (secondary N) is 1. The fraction of sp³-hybridized carbons (Fsp3) is 0.588. The molecule has 0 spiro atoms. The second-order valence-electron chi connectivity index (χ2n) is 5.98. The summed E-state index contributed by atoms with van der Waals surface area (Å²) in [4.78, 5) is 12.4. The van der Waals surface area contributed by atoms with E-state index in [1.54, 1.807) is 6.07 Å². The fourth-order valence-electron chi connectivity index (χ4n) is 2.89. The second-order valence-corrected chi connectivity index (χ2v) is 5.98. The summed E-state index contributed by atoms with van der Waals surface area (Å²) in [5.74, 6) is 0.565. The van der Waals surface area contributed by atoms with E-state index in [9.17, 15) is 9.90 Å². The van der Waals surface area contributed by atoms with E-state index >= 15 is 0 Å². The van der Waals surface area contributed by atoms with Crippen LogP contribution in [0.2, 0.25) is 0 Å². The molecule has 2 N–H and O–H groups in total. The summed E-state index contributed by atoms with van der Waals surface area (Å²) in [7, 11) is 0. The number of carbonyl (C=O) groups is 1. The third-order valence-corrected chi connectivity index (χ3v) is 4.28. The van der Waals surface area contributed by atoms with Gasteiger partial charge < -0.3 is 10.4 Å². The van der Waals surface area contributed by atoms with Crippen molar-refractivity contribution in [2.24, 2.45) is 5.92 Å². The van der Waals surface area contributed by atoms with E-state index < -0.39 is 0 Å². The number of hydrogen-bond acceptors (Lipinski definition) is 2. The zero-order chi connectivity index (χ0) is 14.5. The summed E-state index contributed by atoms with van der Waals surface area (Å²) >= 11 is 0. The van der Waals surface area contributed by atoms with Crippen LogP contribution in [0, 0.1) is 19.8 Å².